The van der Waals surface area contributed by atoms with E-state index in [0.29, 0.717) is 61.3 Å². The number of benzene rings is 3. The Morgan fingerprint density at radius 1 is 0.955 bits per heavy atom. The van der Waals surface area contributed by atoms with E-state index in [-0.39, 0.29) is 16.8 Å². The first-order valence-corrected chi connectivity index (χ1v) is 16.7. The third-order valence-electron chi connectivity index (χ3n) is 8.16. The lowest BCUT2D eigenvalue weighted by Crippen LogP contribution is -2.48. The molecule has 10 heteroatoms. The van der Waals surface area contributed by atoms with Gasteiger partial charge in [0.2, 0.25) is 0 Å². The van der Waals surface area contributed by atoms with Gasteiger partial charge in [-0.2, -0.15) is 0 Å². The largest absolute Gasteiger partial charge is 0.427 e. The number of aryl methyl sites for hydroxylation is 1. The molecule has 44 heavy (non-hydrogen) atoms. The van der Waals surface area contributed by atoms with Gasteiger partial charge in [-0.15, -0.1) is 0 Å². The topological polar surface area (TPSA) is 108 Å². The molecule has 0 atom stereocenters. The van der Waals surface area contributed by atoms with Crippen molar-refractivity contribution in [3.05, 3.63) is 83.4 Å². The van der Waals surface area contributed by atoms with E-state index in [2.05, 4.69) is 14.6 Å². The standard InChI is InChI=1S/C34H40N4O5S/c1-25-8-6-13-32(33(25)35-23-27-9-4-3-5-10-27)44(41,42)36-30-16-14-29(15-17-30)34(40)38-20-18-37(19-21-38)24-28-11-7-12-31(22-28)43-26(2)39/h6-8,11-17,22-23,27,36H,3-5,9-10,18-21,24H2,1-2H3. The maximum absolute atomic E-state index is 13.4. The van der Waals surface area contributed by atoms with Gasteiger partial charge in [0.15, 0.2) is 0 Å². The number of piperazine rings is 1. The Morgan fingerprint density at radius 2 is 1.66 bits per heavy atom. The van der Waals surface area contributed by atoms with Crippen LogP contribution in [-0.4, -0.2) is 62.5 Å². The van der Waals surface area contributed by atoms with Crippen molar-refractivity contribution in [1.29, 1.82) is 0 Å². The first-order chi connectivity index (χ1) is 21.2. The van der Waals surface area contributed by atoms with Gasteiger partial charge in [0.05, 0.1) is 5.69 Å². The summed E-state index contributed by atoms with van der Waals surface area (Å²) in [7, 11) is -3.90. The Morgan fingerprint density at radius 3 is 2.36 bits per heavy atom. The molecular formula is C34H40N4O5S. The molecule has 1 saturated carbocycles. The predicted octanol–water partition coefficient (Wildman–Crippen LogP) is 5.96. The Kier molecular flexibility index (Phi) is 10.1. The predicted molar refractivity (Wildman–Crippen MR) is 172 cm³/mol. The van der Waals surface area contributed by atoms with Crippen LogP contribution in [0.3, 0.4) is 0 Å². The Balaban J connectivity index is 1.18. The number of hydrogen-bond acceptors (Lipinski definition) is 7. The van der Waals surface area contributed by atoms with Gasteiger partial charge < -0.3 is 9.64 Å². The van der Waals surface area contributed by atoms with Gasteiger partial charge in [-0.05, 0) is 79.3 Å². The molecule has 0 spiro atoms. The molecule has 3 aromatic carbocycles. The van der Waals surface area contributed by atoms with E-state index in [9.17, 15) is 18.0 Å². The highest BCUT2D eigenvalue weighted by molar-refractivity contribution is 7.92. The number of aliphatic imine (C=N–C) groups is 1. The zero-order valence-corrected chi connectivity index (χ0v) is 26.2. The lowest BCUT2D eigenvalue weighted by atomic mass is 9.90. The van der Waals surface area contributed by atoms with Crippen molar-refractivity contribution in [3.8, 4) is 5.75 Å². The van der Waals surface area contributed by atoms with Gasteiger partial charge in [0.25, 0.3) is 15.9 Å². The van der Waals surface area contributed by atoms with Gasteiger partial charge in [0.1, 0.15) is 10.6 Å². The van der Waals surface area contributed by atoms with E-state index >= 15 is 0 Å². The third kappa shape index (κ3) is 8.12. The van der Waals surface area contributed by atoms with Crippen LogP contribution in [0.2, 0.25) is 0 Å². The van der Waals surface area contributed by atoms with Crippen molar-refractivity contribution in [1.82, 2.24) is 9.80 Å². The van der Waals surface area contributed by atoms with E-state index in [1.165, 1.54) is 26.2 Å². The quantitative estimate of drug-likeness (QED) is 0.181. The molecule has 1 aliphatic carbocycles. The molecule has 3 aromatic rings. The third-order valence-corrected chi connectivity index (χ3v) is 9.58. The van der Waals surface area contributed by atoms with E-state index in [0.717, 1.165) is 24.0 Å². The Bertz CT molecular complexity index is 1610. The molecule has 232 valence electrons. The van der Waals surface area contributed by atoms with Gasteiger partial charge in [-0.25, -0.2) is 8.42 Å². The monoisotopic (exact) mass is 616 g/mol. The first-order valence-electron chi connectivity index (χ1n) is 15.2. The molecule has 0 radical (unpaired) electrons. The average Bonchev–Trinajstić information content (AvgIpc) is 3.01. The summed E-state index contributed by atoms with van der Waals surface area (Å²) in [5.41, 5.74) is 3.19. The van der Waals surface area contributed by atoms with Crippen LogP contribution in [0.5, 0.6) is 5.75 Å². The van der Waals surface area contributed by atoms with E-state index in [1.54, 1.807) is 42.5 Å². The van der Waals surface area contributed by atoms with Crippen LogP contribution >= 0.6 is 0 Å². The highest BCUT2D eigenvalue weighted by Gasteiger charge is 2.24. The number of rotatable bonds is 9. The molecule has 1 N–H and O–H groups in total. The number of para-hydroxylation sites is 1. The van der Waals surface area contributed by atoms with Gasteiger partial charge in [-0.1, -0.05) is 43.5 Å². The molecule has 2 fully saturated rings. The second-order valence-electron chi connectivity index (χ2n) is 11.6. The summed E-state index contributed by atoms with van der Waals surface area (Å²) in [6.45, 7) is 6.52. The minimum atomic E-state index is -3.90. The van der Waals surface area contributed by atoms with Crippen LogP contribution < -0.4 is 9.46 Å². The summed E-state index contributed by atoms with van der Waals surface area (Å²) in [6.07, 6.45) is 7.70. The van der Waals surface area contributed by atoms with Crippen LogP contribution in [0.25, 0.3) is 0 Å². The SMILES string of the molecule is CC(=O)Oc1cccc(CN2CCN(C(=O)c3ccc(NS(=O)(=O)c4cccc(C)c4N=CC4CCCCC4)cc3)CC2)c1. The van der Waals surface area contributed by atoms with E-state index in [4.69, 9.17) is 4.74 Å². The van der Waals surface area contributed by atoms with Crippen LogP contribution in [-0.2, 0) is 21.4 Å². The molecule has 1 heterocycles. The fraction of sp³-hybridized carbons (Fsp3) is 0.382. The summed E-state index contributed by atoms with van der Waals surface area (Å²) < 4.78 is 34.7. The number of nitrogens with zero attached hydrogens (tertiary/aromatic N) is 3. The van der Waals surface area contributed by atoms with Gasteiger partial charge >= 0.3 is 5.97 Å². The van der Waals surface area contributed by atoms with E-state index in [1.807, 2.05) is 42.3 Å². The fourth-order valence-electron chi connectivity index (χ4n) is 5.79. The van der Waals surface area contributed by atoms with Crippen molar-refractivity contribution < 1.29 is 22.7 Å². The maximum atomic E-state index is 13.4. The molecule has 0 bridgehead atoms. The fourth-order valence-corrected chi connectivity index (χ4v) is 7.07. The van der Waals surface area contributed by atoms with Crippen LogP contribution in [0, 0.1) is 12.8 Å². The lowest BCUT2D eigenvalue weighted by molar-refractivity contribution is -0.131. The van der Waals surface area contributed by atoms with Gasteiger partial charge in [0, 0.05) is 57.1 Å². The van der Waals surface area contributed by atoms with Crippen molar-refractivity contribution >= 4 is 39.5 Å². The highest BCUT2D eigenvalue weighted by atomic mass is 32.2. The molecule has 2 aliphatic rings. The summed E-state index contributed by atoms with van der Waals surface area (Å²) in [4.78, 5) is 33.3. The van der Waals surface area contributed by atoms with Crippen molar-refractivity contribution in [2.75, 3.05) is 30.9 Å². The maximum Gasteiger partial charge on any atom is 0.308 e. The Labute approximate surface area is 260 Å². The van der Waals surface area contributed by atoms with Crippen molar-refractivity contribution in [2.24, 2.45) is 10.9 Å². The average molecular weight is 617 g/mol. The number of anilines is 1. The molecule has 0 unspecified atom stereocenters. The highest BCUT2D eigenvalue weighted by Crippen LogP contribution is 2.31. The van der Waals surface area contributed by atoms with Crippen LogP contribution in [0.1, 0.15) is 60.5 Å². The Hall–Kier alpha value is -4.02. The molecule has 1 amide bonds. The number of nitrogens with one attached hydrogen (secondary N) is 1. The zero-order chi connectivity index (χ0) is 31.1. The zero-order valence-electron chi connectivity index (χ0n) is 25.4. The molecule has 9 nitrogen and oxygen atoms in total. The van der Waals surface area contributed by atoms with Crippen molar-refractivity contribution in [2.45, 2.75) is 57.4 Å². The lowest BCUT2D eigenvalue weighted by Gasteiger charge is -2.34. The van der Waals surface area contributed by atoms with E-state index < -0.39 is 10.0 Å². The van der Waals surface area contributed by atoms with Crippen molar-refractivity contribution in [3.63, 3.8) is 0 Å². The normalized spacial score (nSPS) is 16.6. The summed E-state index contributed by atoms with van der Waals surface area (Å²) in [6, 6.07) is 19.2. The molecular weight excluding hydrogens is 576 g/mol. The summed E-state index contributed by atoms with van der Waals surface area (Å²) >= 11 is 0. The smallest absolute Gasteiger partial charge is 0.308 e. The second-order valence-corrected chi connectivity index (χ2v) is 13.2. The van der Waals surface area contributed by atoms with Crippen LogP contribution in [0.15, 0.2) is 76.6 Å². The van der Waals surface area contributed by atoms with Gasteiger partial charge in [-0.3, -0.25) is 24.2 Å². The number of amides is 1. The number of hydrogen-bond donors (Lipinski definition) is 1. The minimum absolute atomic E-state index is 0.0890. The first kappa shape index (κ1) is 31.4. The number of ether oxygens (including phenoxy) is 1. The number of sulfonamides is 1. The molecule has 5 rings (SSSR count). The van der Waals surface area contributed by atoms with Crippen LogP contribution in [0.4, 0.5) is 11.4 Å². The molecule has 1 saturated heterocycles. The number of carbonyl (C=O) groups excluding carboxylic acids is 2. The molecule has 0 aromatic heterocycles. The summed E-state index contributed by atoms with van der Waals surface area (Å²) in [5, 5.41) is 0. The molecule has 1 aliphatic heterocycles. The minimum Gasteiger partial charge on any atom is -0.427 e. The number of carbonyl (C=O) groups is 2. The summed E-state index contributed by atoms with van der Waals surface area (Å²) in [5.74, 6) is 0.464. The number of esters is 1. The second kappa shape index (κ2) is 14.2.